The van der Waals surface area contributed by atoms with Crippen LogP contribution in [0.3, 0.4) is 0 Å². The van der Waals surface area contributed by atoms with Crippen molar-refractivity contribution in [2.75, 3.05) is 0 Å². The number of hydrogen-bond donors (Lipinski definition) is 1. The Bertz CT molecular complexity index is 932. The normalized spacial score (nSPS) is 11.1. The minimum Gasteiger partial charge on any atom is -0.466 e. The largest absolute Gasteiger partial charge is 0.466 e. The highest BCUT2D eigenvalue weighted by atomic mass is 35.5. The Labute approximate surface area is 161 Å². The van der Waals surface area contributed by atoms with Gasteiger partial charge < -0.3 is 14.5 Å². The zero-order valence-electron chi connectivity index (χ0n) is 14.2. The summed E-state index contributed by atoms with van der Waals surface area (Å²) in [5.74, 6) is -0.583. The molecule has 3 rings (SSSR count). The maximum atomic E-state index is 12.5. The average Bonchev–Trinajstić information content (AvgIpc) is 3.21. The summed E-state index contributed by atoms with van der Waals surface area (Å²) in [6.45, 7) is -0.0367. The molecule has 0 bridgehead atoms. The number of amides is 1. The maximum absolute atomic E-state index is 12.5. The lowest BCUT2D eigenvalue weighted by Crippen LogP contribution is -2.28. The molecule has 0 aliphatic heterocycles. The molecule has 0 atom stereocenters. The van der Waals surface area contributed by atoms with Gasteiger partial charge in [0.25, 0.3) is 5.91 Å². The van der Waals surface area contributed by atoms with E-state index in [0.717, 1.165) is 0 Å². The monoisotopic (exact) mass is 381 g/mol. The van der Waals surface area contributed by atoms with E-state index in [9.17, 15) is 9.59 Å². The number of nitrogens with one attached hydrogen (secondary N) is 1. The fraction of sp³-hybridized carbons (Fsp3) is 0.0476. The molecule has 1 heterocycles. The number of ether oxygens (including phenoxy) is 1. The SMILES string of the molecule is O=C(OCc1ccco1)C(=Cc1ccc(Cl)cc1)NC(=O)c1ccccc1. The van der Waals surface area contributed by atoms with E-state index >= 15 is 0 Å². The summed E-state index contributed by atoms with van der Waals surface area (Å²) < 4.78 is 10.4. The topological polar surface area (TPSA) is 68.5 Å². The summed E-state index contributed by atoms with van der Waals surface area (Å²) in [7, 11) is 0. The van der Waals surface area contributed by atoms with Crippen LogP contribution in [0.15, 0.2) is 83.1 Å². The van der Waals surface area contributed by atoms with Crippen molar-refractivity contribution in [1.82, 2.24) is 5.32 Å². The minimum atomic E-state index is -0.675. The zero-order valence-corrected chi connectivity index (χ0v) is 15.0. The van der Waals surface area contributed by atoms with Gasteiger partial charge in [-0.3, -0.25) is 4.79 Å². The first-order valence-corrected chi connectivity index (χ1v) is 8.53. The summed E-state index contributed by atoms with van der Waals surface area (Å²) in [6.07, 6.45) is 3.02. The van der Waals surface area contributed by atoms with Crippen molar-refractivity contribution < 1.29 is 18.7 Å². The second-order valence-corrected chi connectivity index (χ2v) is 6.02. The van der Waals surface area contributed by atoms with Crippen molar-refractivity contribution in [2.24, 2.45) is 0 Å². The van der Waals surface area contributed by atoms with E-state index in [2.05, 4.69) is 5.32 Å². The highest BCUT2D eigenvalue weighted by Gasteiger charge is 2.16. The van der Waals surface area contributed by atoms with Crippen LogP contribution in [-0.4, -0.2) is 11.9 Å². The highest BCUT2D eigenvalue weighted by Crippen LogP contribution is 2.14. The molecule has 0 unspecified atom stereocenters. The first-order chi connectivity index (χ1) is 13.1. The molecule has 1 aromatic heterocycles. The van der Waals surface area contributed by atoms with Gasteiger partial charge in [-0.1, -0.05) is 41.9 Å². The van der Waals surface area contributed by atoms with Crippen molar-refractivity contribution in [3.8, 4) is 0 Å². The molecule has 0 saturated heterocycles. The van der Waals surface area contributed by atoms with Gasteiger partial charge in [0.05, 0.1) is 6.26 Å². The maximum Gasteiger partial charge on any atom is 0.355 e. The summed E-state index contributed by atoms with van der Waals surface area (Å²) in [5, 5.41) is 3.18. The van der Waals surface area contributed by atoms with Gasteiger partial charge >= 0.3 is 5.97 Å². The van der Waals surface area contributed by atoms with Crippen LogP contribution in [0.1, 0.15) is 21.7 Å². The molecule has 0 aliphatic carbocycles. The van der Waals surface area contributed by atoms with E-state index in [0.29, 0.717) is 21.9 Å². The lowest BCUT2D eigenvalue weighted by molar-refractivity contribution is -0.141. The summed E-state index contributed by atoms with van der Waals surface area (Å²) in [6, 6.07) is 18.8. The second-order valence-electron chi connectivity index (χ2n) is 5.59. The number of furan rings is 1. The number of rotatable bonds is 6. The van der Waals surface area contributed by atoms with Gasteiger partial charge in [0.1, 0.15) is 18.1 Å². The van der Waals surface area contributed by atoms with E-state index in [1.165, 1.54) is 12.3 Å². The van der Waals surface area contributed by atoms with Gasteiger partial charge in [0.2, 0.25) is 0 Å². The summed E-state index contributed by atoms with van der Waals surface area (Å²) >= 11 is 5.89. The molecule has 5 nitrogen and oxygen atoms in total. The third-order valence-corrected chi connectivity index (χ3v) is 3.86. The van der Waals surface area contributed by atoms with Crippen LogP contribution in [0.2, 0.25) is 5.02 Å². The molecule has 1 N–H and O–H groups in total. The van der Waals surface area contributed by atoms with Crippen LogP contribution in [-0.2, 0) is 16.1 Å². The Morgan fingerprint density at radius 3 is 2.41 bits per heavy atom. The number of halogens is 1. The van der Waals surface area contributed by atoms with Crippen LogP contribution >= 0.6 is 11.6 Å². The van der Waals surface area contributed by atoms with Crippen molar-refractivity contribution >= 4 is 29.6 Å². The fourth-order valence-corrected chi connectivity index (χ4v) is 2.39. The molecule has 3 aromatic rings. The second kappa shape index (κ2) is 8.87. The lowest BCUT2D eigenvalue weighted by Gasteiger charge is -2.10. The van der Waals surface area contributed by atoms with Crippen LogP contribution < -0.4 is 5.32 Å². The molecule has 0 aliphatic rings. The van der Waals surface area contributed by atoms with Gasteiger partial charge in [-0.05, 0) is 48.0 Å². The number of carbonyl (C=O) groups is 2. The zero-order chi connectivity index (χ0) is 19.1. The Morgan fingerprint density at radius 2 is 1.74 bits per heavy atom. The standard InChI is InChI=1S/C21H16ClNO4/c22-17-10-8-15(9-11-17)13-19(21(25)27-14-18-7-4-12-26-18)23-20(24)16-5-2-1-3-6-16/h1-13H,14H2,(H,23,24). The number of benzene rings is 2. The van der Waals surface area contributed by atoms with Gasteiger partial charge in [0.15, 0.2) is 0 Å². The molecule has 136 valence electrons. The molecular formula is C21H16ClNO4. The van der Waals surface area contributed by atoms with Gasteiger partial charge in [-0.15, -0.1) is 0 Å². The fourth-order valence-electron chi connectivity index (χ4n) is 2.26. The van der Waals surface area contributed by atoms with Gasteiger partial charge in [0, 0.05) is 10.6 Å². The first-order valence-electron chi connectivity index (χ1n) is 8.15. The smallest absolute Gasteiger partial charge is 0.355 e. The Hall–Kier alpha value is -3.31. The minimum absolute atomic E-state index is 0.0118. The summed E-state index contributed by atoms with van der Waals surface area (Å²) in [5.41, 5.74) is 1.13. The highest BCUT2D eigenvalue weighted by molar-refractivity contribution is 6.30. The molecule has 0 saturated carbocycles. The Morgan fingerprint density at radius 1 is 1.00 bits per heavy atom. The quantitative estimate of drug-likeness (QED) is 0.506. The molecule has 2 aromatic carbocycles. The average molecular weight is 382 g/mol. The molecule has 0 spiro atoms. The van der Waals surface area contributed by atoms with E-state index in [1.807, 2.05) is 0 Å². The van der Waals surface area contributed by atoms with Crippen LogP contribution in [0, 0.1) is 0 Å². The van der Waals surface area contributed by atoms with E-state index in [1.54, 1.807) is 66.7 Å². The van der Waals surface area contributed by atoms with E-state index in [-0.39, 0.29) is 12.3 Å². The summed E-state index contributed by atoms with van der Waals surface area (Å²) in [4.78, 5) is 24.9. The van der Waals surface area contributed by atoms with Crippen LogP contribution in [0.25, 0.3) is 6.08 Å². The molecule has 0 fully saturated rings. The van der Waals surface area contributed by atoms with Crippen LogP contribution in [0.5, 0.6) is 0 Å². The van der Waals surface area contributed by atoms with Crippen molar-refractivity contribution in [2.45, 2.75) is 6.61 Å². The lowest BCUT2D eigenvalue weighted by atomic mass is 10.1. The van der Waals surface area contributed by atoms with Crippen molar-refractivity contribution in [3.63, 3.8) is 0 Å². The van der Waals surface area contributed by atoms with Gasteiger partial charge in [-0.25, -0.2) is 4.79 Å². The number of esters is 1. The predicted octanol–water partition coefficient (Wildman–Crippen LogP) is 4.45. The third-order valence-electron chi connectivity index (χ3n) is 3.61. The van der Waals surface area contributed by atoms with E-state index in [4.69, 9.17) is 20.8 Å². The van der Waals surface area contributed by atoms with Crippen molar-refractivity contribution in [3.05, 3.63) is 101 Å². The van der Waals surface area contributed by atoms with E-state index < -0.39 is 11.9 Å². The molecule has 1 amide bonds. The molecule has 6 heteroatoms. The number of hydrogen-bond acceptors (Lipinski definition) is 4. The molecule has 0 radical (unpaired) electrons. The first kappa shape index (κ1) is 18.5. The van der Waals surface area contributed by atoms with Gasteiger partial charge in [-0.2, -0.15) is 0 Å². The third kappa shape index (κ3) is 5.33. The number of carbonyl (C=O) groups excluding carboxylic acids is 2. The Kier molecular flexibility index (Phi) is 6.07. The Balaban J connectivity index is 1.80. The van der Waals surface area contributed by atoms with Crippen LogP contribution in [0.4, 0.5) is 0 Å². The molecule has 27 heavy (non-hydrogen) atoms. The molecular weight excluding hydrogens is 366 g/mol. The van der Waals surface area contributed by atoms with Crippen molar-refractivity contribution in [1.29, 1.82) is 0 Å². The predicted molar refractivity (Wildman–Crippen MR) is 102 cm³/mol.